The van der Waals surface area contributed by atoms with Crippen LogP contribution in [0, 0.1) is 0 Å². The zero-order valence-electron chi connectivity index (χ0n) is 49.3. The van der Waals surface area contributed by atoms with Gasteiger partial charge in [-0.15, -0.1) is 0 Å². The van der Waals surface area contributed by atoms with Crippen molar-refractivity contribution in [1.82, 2.24) is 4.57 Å². The minimum Gasteiger partial charge on any atom is -0.456 e. The van der Waals surface area contributed by atoms with Crippen LogP contribution < -0.4 is 20.6 Å². The first-order valence-electron chi connectivity index (χ1n) is 28.9. The van der Waals surface area contributed by atoms with Crippen molar-refractivity contribution in [2.24, 2.45) is 0 Å². The van der Waals surface area contributed by atoms with Crippen LogP contribution in [0.4, 0.5) is 28.4 Å². The average molecular weight is 1050 g/mol. The summed E-state index contributed by atoms with van der Waals surface area (Å²) in [6.45, 7) is 34.3. The molecule has 0 radical (unpaired) electrons. The molecule has 0 N–H and O–H groups in total. The smallest absolute Gasteiger partial charge is 0.333 e. The number of rotatable bonds is 4. The van der Waals surface area contributed by atoms with E-state index in [1.54, 1.807) is 0 Å². The van der Waals surface area contributed by atoms with Gasteiger partial charge in [0.2, 0.25) is 0 Å². The molecule has 0 bridgehead atoms. The number of fused-ring (bicyclic) bond motifs is 16. The van der Waals surface area contributed by atoms with Crippen LogP contribution >= 0.6 is 0 Å². The second kappa shape index (κ2) is 16.8. The highest BCUT2D eigenvalue weighted by Gasteiger charge is 2.47. The fourth-order valence-corrected chi connectivity index (χ4v) is 13.2. The molecule has 2 aliphatic rings. The van der Waals surface area contributed by atoms with Crippen LogP contribution in [0.2, 0.25) is 0 Å². The number of aromatic nitrogens is 1. The third-order valence-corrected chi connectivity index (χ3v) is 17.7. The standard InChI is InChI=1S/C74H72BN3O2/c1-70(2,3)43-20-28-48(29-21-43)76(49-30-22-44(23-31-49)71(4,5)6)51-34-37-62-53(40-51)54-41-60-56(42-63(54)79-62)64-65-52-18-16-17-19-61(52)80-69(65)66-55-38-46(73(10,11)12)26-35-58(55)77-59-36-27-47(74(13,14)15)39-57(59)75(67(64)68(66)77)78(60)50-32-24-45(25-33-50)72(7,8)9/h16-42H,1-15H3. The number of benzene rings is 9. The Morgan fingerprint density at radius 2 is 0.925 bits per heavy atom. The second-order valence-corrected chi connectivity index (χ2v) is 28.3. The predicted molar refractivity (Wildman–Crippen MR) is 343 cm³/mol. The van der Waals surface area contributed by atoms with Gasteiger partial charge in [0.25, 0.3) is 0 Å². The van der Waals surface area contributed by atoms with Crippen molar-refractivity contribution in [3.05, 3.63) is 192 Å². The van der Waals surface area contributed by atoms with Gasteiger partial charge in [-0.25, -0.2) is 0 Å². The van der Waals surface area contributed by atoms with E-state index < -0.39 is 0 Å². The van der Waals surface area contributed by atoms with E-state index in [1.165, 1.54) is 71.8 Å². The molecule has 14 rings (SSSR count). The summed E-state index contributed by atoms with van der Waals surface area (Å²) < 4.78 is 17.0. The van der Waals surface area contributed by atoms with Crippen LogP contribution in [-0.2, 0) is 27.1 Å². The highest BCUT2D eigenvalue weighted by molar-refractivity contribution is 6.94. The van der Waals surface area contributed by atoms with Crippen molar-refractivity contribution in [1.29, 1.82) is 0 Å². The molecular weight excluding hydrogens is 974 g/mol. The maximum absolute atomic E-state index is 7.30. The van der Waals surface area contributed by atoms with Crippen molar-refractivity contribution in [3.8, 4) is 16.8 Å². The first-order valence-corrected chi connectivity index (χ1v) is 28.9. The summed E-state index contributed by atoms with van der Waals surface area (Å²) in [6.07, 6.45) is 0. The summed E-state index contributed by atoms with van der Waals surface area (Å²) in [7, 11) is 0. The molecule has 0 saturated heterocycles. The van der Waals surface area contributed by atoms with Gasteiger partial charge < -0.3 is 23.1 Å². The normalized spacial score (nSPS) is 13.9. The van der Waals surface area contributed by atoms with Gasteiger partial charge in [-0.3, -0.25) is 0 Å². The average Bonchev–Trinajstić information content (AvgIpc) is 3.17. The molecule has 0 spiro atoms. The minimum absolute atomic E-state index is 0.0202. The molecule has 9 aromatic carbocycles. The topological polar surface area (TPSA) is 37.7 Å². The second-order valence-electron chi connectivity index (χ2n) is 28.3. The lowest BCUT2D eigenvalue weighted by molar-refractivity contribution is 0.590. The summed E-state index contributed by atoms with van der Waals surface area (Å²) >= 11 is 0. The van der Waals surface area contributed by atoms with E-state index in [2.05, 4.69) is 282 Å². The van der Waals surface area contributed by atoms with E-state index in [0.717, 1.165) is 77.9 Å². The number of para-hydroxylation sites is 1. The van der Waals surface area contributed by atoms with Gasteiger partial charge in [0.1, 0.15) is 22.3 Å². The van der Waals surface area contributed by atoms with Crippen LogP contribution in [0.1, 0.15) is 132 Å². The highest BCUT2D eigenvalue weighted by atomic mass is 16.3. The van der Waals surface area contributed by atoms with E-state index in [0.29, 0.717) is 0 Å². The van der Waals surface area contributed by atoms with E-state index in [4.69, 9.17) is 8.83 Å². The number of hydrogen-bond acceptors (Lipinski definition) is 4. The lowest BCUT2D eigenvalue weighted by Gasteiger charge is -2.42. The molecule has 0 fully saturated rings. The van der Waals surface area contributed by atoms with E-state index >= 15 is 0 Å². The summed E-state index contributed by atoms with van der Waals surface area (Å²) in [6, 6.07) is 62.4. The Hall–Kier alpha value is -7.96. The molecule has 12 aromatic rings. The largest absolute Gasteiger partial charge is 0.456 e. The van der Waals surface area contributed by atoms with E-state index in [-0.39, 0.29) is 33.9 Å². The Bertz CT molecular complexity index is 4470. The molecule has 0 unspecified atom stereocenters. The minimum atomic E-state index is -0.205. The predicted octanol–water partition coefficient (Wildman–Crippen LogP) is 19.8. The fraction of sp³-hybridized carbons (Fsp3) is 0.270. The molecule has 3 aromatic heterocycles. The Kier molecular flexibility index (Phi) is 10.6. The maximum atomic E-state index is 7.30. The molecule has 6 heteroatoms. The number of nitrogens with zero attached hydrogens (tertiary/aromatic N) is 3. The van der Waals surface area contributed by atoms with Crippen molar-refractivity contribution in [2.45, 2.75) is 131 Å². The van der Waals surface area contributed by atoms with Crippen molar-refractivity contribution in [3.63, 3.8) is 0 Å². The zero-order chi connectivity index (χ0) is 55.9. The monoisotopic (exact) mass is 1050 g/mol. The van der Waals surface area contributed by atoms with Gasteiger partial charge in [0.05, 0.1) is 16.4 Å². The maximum Gasteiger partial charge on any atom is 0.333 e. The van der Waals surface area contributed by atoms with Gasteiger partial charge >= 0.3 is 6.85 Å². The molecule has 0 saturated carbocycles. The molecule has 80 heavy (non-hydrogen) atoms. The summed E-state index contributed by atoms with van der Waals surface area (Å²) in [5, 5.41) is 6.79. The fourth-order valence-electron chi connectivity index (χ4n) is 13.2. The number of furan rings is 2. The lowest BCUT2D eigenvalue weighted by atomic mass is 9.43. The van der Waals surface area contributed by atoms with E-state index in [1.807, 2.05) is 0 Å². The molecule has 0 amide bonds. The van der Waals surface area contributed by atoms with Gasteiger partial charge in [0.15, 0.2) is 0 Å². The van der Waals surface area contributed by atoms with Crippen LogP contribution in [0.15, 0.2) is 173 Å². The molecule has 0 atom stereocenters. The third kappa shape index (κ3) is 7.57. The van der Waals surface area contributed by atoms with Crippen molar-refractivity contribution < 1.29 is 8.83 Å². The molecular formula is C74H72BN3O2. The lowest BCUT2D eigenvalue weighted by Crippen LogP contribution is -2.60. The van der Waals surface area contributed by atoms with Crippen molar-refractivity contribution in [2.75, 3.05) is 9.71 Å². The molecule has 5 nitrogen and oxygen atoms in total. The Morgan fingerprint density at radius 1 is 0.400 bits per heavy atom. The summed E-state index contributed by atoms with van der Waals surface area (Å²) in [5.41, 5.74) is 24.0. The summed E-state index contributed by atoms with van der Waals surface area (Å²) in [4.78, 5) is 5.07. The number of anilines is 5. The SMILES string of the molecule is CC(C)(C)c1ccc(N2B3c4cc(C(C)(C)C)ccc4-n4c5ccc(C(C)(C)C)cc5c5c6oc7ccccc7c6c(c3c54)-c3cc4oc5ccc(N(c6ccc(C(C)(C)C)cc6)c6ccc(C(C)(C)C)cc6)cc5c4cc32)cc1. The van der Waals surface area contributed by atoms with Crippen LogP contribution in [0.25, 0.3) is 82.5 Å². The molecule has 2 aliphatic heterocycles. The van der Waals surface area contributed by atoms with Gasteiger partial charge in [-0.1, -0.05) is 177 Å². The molecule has 5 heterocycles. The van der Waals surface area contributed by atoms with Crippen LogP contribution in [-0.4, -0.2) is 11.4 Å². The van der Waals surface area contributed by atoms with Gasteiger partial charge in [0, 0.05) is 66.6 Å². The van der Waals surface area contributed by atoms with E-state index in [9.17, 15) is 0 Å². The van der Waals surface area contributed by atoms with Gasteiger partial charge in [-0.2, -0.15) is 0 Å². The first-order chi connectivity index (χ1) is 37.8. The molecule has 398 valence electrons. The Balaban J connectivity index is 1.10. The Labute approximate surface area is 471 Å². The van der Waals surface area contributed by atoms with Crippen molar-refractivity contribution >= 4 is 112 Å². The number of hydrogen-bond donors (Lipinski definition) is 0. The zero-order valence-corrected chi connectivity index (χ0v) is 49.3. The quantitative estimate of drug-likeness (QED) is 0.165. The third-order valence-electron chi connectivity index (χ3n) is 17.7. The van der Waals surface area contributed by atoms with Gasteiger partial charge in [-0.05, 0) is 162 Å². The highest BCUT2D eigenvalue weighted by Crippen LogP contribution is 2.53. The summed E-state index contributed by atoms with van der Waals surface area (Å²) in [5.74, 6) is 0. The van der Waals surface area contributed by atoms with Crippen LogP contribution in [0.3, 0.4) is 0 Å². The molecule has 0 aliphatic carbocycles. The Morgan fingerprint density at radius 3 is 1.54 bits per heavy atom. The van der Waals surface area contributed by atoms with Crippen LogP contribution in [0.5, 0.6) is 0 Å². The first kappa shape index (κ1) is 50.3.